The van der Waals surface area contributed by atoms with E-state index in [0.29, 0.717) is 24.2 Å². The topological polar surface area (TPSA) is 51.1 Å². The average Bonchev–Trinajstić information content (AvgIpc) is 2.66. The minimum atomic E-state index is -0.270. The van der Waals surface area contributed by atoms with Gasteiger partial charge in [-0.05, 0) is 6.92 Å². The Hall–Kier alpha value is -1.37. The Bertz CT molecular complexity index is 766. The Labute approximate surface area is 150 Å². The summed E-state index contributed by atoms with van der Waals surface area (Å²) in [5.41, 5.74) is 2.69. The molecule has 1 unspecified atom stereocenters. The van der Waals surface area contributed by atoms with Crippen LogP contribution in [-0.4, -0.2) is 26.2 Å². The number of Topliss-reactive ketones (excluding diaryl/α,β-unsaturated/α-hetero) is 1. The summed E-state index contributed by atoms with van der Waals surface area (Å²) in [5.74, 6) is -0.124. The largest absolute Gasteiger partial charge is 0.350 e. The molecule has 1 aromatic heterocycles. The third-order valence-corrected chi connectivity index (χ3v) is 5.29. The molecule has 1 N–H and O–H groups in total. The summed E-state index contributed by atoms with van der Waals surface area (Å²) in [6, 6.07) is 0. The van der Waals surface area contributed by atoms with Crippen molar-refractivity contribution < 1.29 is 9.59 Å². The highest BCUT2D eigenvalue weighted by Gasteiger charge is 2.36. The van der Waals surface area contributed by atoms with E-state index in [1.54, 1.807) is 0 Å². The minimum absolute atomic E-state index is 0.0374. The van der Waals surface area contributed by atoms with E-state index in [0.717, 1.165) is 11.3 Å². The lowest BCUT2D eigenvalue weighted by atomic mass is 9.82. The molecular formula is C18H21IN2O2. The van der Waals surface area contributed by atoms with Crippen molar-refractivity contribution in [1.29, 1.82) is 0 Å². The van der Waals surface area contributed by atoms with Gasteiger partial charge in [0.2, 0.25) is 0 Å². The average molecular weight is 424 g/mol. The Balaban J connectivity index is 2.39. The molecule has 2 aliphatic rings. The van der Waals surface area contributed by atoms with Crippen LogP contribution in [0.15, 0.2) is 18.2 Å². The number of nitrogens with one attached hydrogen (secondary N) is 1. The van der Waals surface area contributed by atoms with Crippen LogP contribution < -0.4 is 5.32 Å². The summed E-state index contributed by atoms with van der Waals surface area (Å²) >= 11 is 2.38. The van der Waals surface area contributed by atoms with Gasteiger partial charge in [-0.3, -0.25) is 9.59 Å². The Kier molecular flexibility index (Phi) is 3.82. The van der Waals surface area contributed by atoms with Gasteiger partial charge in [0, 0.05) is 36.7 Å². The summed E-state index contributed by atoms with van der Waals surface area (Å²) < 4.78 is 1.78. The number of hydrogen-bond acceptors (Lipinski definition) is 2. The van der Waals surface area contributed by atoms with Crippen molar-refractivity contribution in [1.82, 2.24) is 9.88 Å². The van der Waals surface area contributed by atoms with Crippen molar-refractivity contribution in [2.75, 3.05) is 6.54 Å². The lowest BCUT2D eigenvalue weighted by Crippen LogP contribution is -2.27. The summed E-state index contributed by atoms with van der Waals surface area (Å²) in [6.07, 6.45) is 8.80. The number of allylic oxidation sites excluding steroid dienone is 3. The fourth-order valence-corrected chi connectivity index (χ4v) is 3.81. The molecule has 1 amide bonds. The Morgan fingerprint density at radius 3 is 2.57 bits per heavy atom. The normalized spacial score (nSPS) is 28.7. The molecule has 0 aromatic carbocycles. The third-order valence-electron chi connectivity index (χ3n) is 4.58. The molecule has 1 aromatic rings. The molecule has 1 aliphatic heterocycles. The summed E-state index contributed by atoms with van der Waals surface area (Å²) in [6.45, 7) is 6.77. The number of aromatic nitrogens is 1. The number of nitrogens with zero attached hydrogens (tertiary/aromatic N) is 1. The summed E-state index contributed by atoms with van der Waals surface area (Å²) in [7, 11) is 1.88. The second-order valence-corrected chi connectivity index (χ2v) is 9.34. The minimum Gasteiger partial charge on any atom is -0.350 e. The van der Waals surface area contributed by atoms with Crippen LogP contribution >= 0.6 is 22.6 Å². The molecular weight excluding hydrogens is 403 g/mol. The van der Waals surface area contributed by atoms with Gasteiger partial charge in [0.25, 0.3) is 5.91 Å². The third kappa shape index (κ3) is 2.69. The Morgan fingerprint density at radius 2 is 1.87 bits per heavy atom. The first kappa shape index (κ1) is 16.5. The number of amides is 1. The molecule has 4 nitrogen and oxygen atoms in total. The summed E-state index contributed by atoms with van der Waals surface area (Å²) in [4.78, 5) is 25.1. The molecule has 2 heterocycles. The number of carbonyl (C=O) groups is 2. The highest BCUT2D eigenvalue weighted by molar-refractivity contribution is 14.1. The first-order valence-electron chi connectivity index (χ1n) is 7.77. The van der Waals surface area contributed by atoms with Crippen LogP contribution in [0.2, 0.25) is 0 Å². The highest BCUT2D eigenvalue weighted by atomic mass is 127. The van der Waals surface area contributed by atoms with E-state index in [1.807, 2.05) is 17.7 Å². The van der Waals surface area contributed by atoms with E-state index in [2.05, 4.69) is 66.9 Å². The van der Waals surface area contributed by atoms with Crippen LogP contribution in [-0.2, 0) is 12.5 Å². The summed E-state index contributed by atoms with van der Waals surface area (Å²) in [5, 5.41) is 2.83. The number of alkyl halides is 1. The predicted octanol–water partition coefficient (Wildman–Crippen LogP) is 3.40. The molecule has 1 atom stereocenters. The fourth-order valence-electron chi connectivity index (χ4n) is 3.45. The van der Waals surface area contributed by atoms with E-state index >= 15 is 0 Å². The number of fused-ring (bicyclic) bond motifs is 3. The molecule has 0 radical (unpaired) electrons. The van der Waals surface area contributed by atoms with Gasteiger partial charge >= 0.3 is 0 Å². The fraction of sp³-hybridized carbons (Fsp3) is 0.444. The van der Waals surface area contributed by atoms with Gasteiger partial charge in [-0.1, -0.05) is 60.7 Å². The molecule has 0 saturated carbocycles. The van der Waals surface area contributed by atoms with E-state index in [-0.39, 0.29) is 20.5 Å². The van der Waals surface area contributed by atoms with Gasteiger partial charge in [0.1, 0.15) is 5.69 Å². The van der Waals surface area contributed by atoms with Crippen molar-refractivity contribution >= 4 is 40.4 Å². The number of rotatable bonds is 0. The van der Waals surface area contributed by atoms with Gasteiger partial charge in [-0.15, -0.1) is 0 Å². The molecule has 0 spiro atoms. The predicted molar refractivity (Wildman–Crippen MR) is 100 cm³/mol. The lowest BCUT2D eigenvalue weighted by Gasteiger charge is -2.27. The maximum Gasteiger partial charge on any atom is 0.268 e. The van der Waals surface area contributed by atoms with Crippen molar-refractivity contribution in [3.05, 3.63) is 40.7 Å². The second-order valence-electron chi connectivity index (χ2n) is 7.01. The molecule has 122 valence electrons. The van der Waals surface area contributed by atoms with Gasteiger partial charge < -0.3 is 9.88 Å². The van der Waals surface area contributed by atoms with Crippen LogP contribution in [0.1, 0.15) is 59.3 Å². The van der Waals surface area contributed by atoms with Crippen LogP contribution in [0.5, 0.6) is 0 Å². The SMILES string of the molecule is Cn1c2c(c3c1C(C)(C)/C=C\C(C)(I)/C=C\3)C(=O)CCNC2=O. The molecule has 3 rings (SSSR count). The number of carbonyl (C=O) groups excluding carboxylic acids is 2. The zero-order chi connectivity index (χ0) is 17.0. The molecule has 0 fully saturated rings. The van der Waals surface area contributed by atoms with E-state index in [9.17, 15) is 9.59 Å². The quantitative estimate of drug-likeness (QED) is 0.395. The van der Waals surface area contributed by atoms with Gasteiger partial charge in [0.15, 0.2) is 5.78 Å². The van der Waals surface area contributed by atoms with Gasteiger partial charge in [0.05, 0.1) is 8.99 Å². The van der Waals surface area contributed by atoms with Crippen molar-refractivity contribution in [3.8, 4) is 0 Å². The van der Waals surface area contributed by atoms with Crippen molar-refractivity contribution in [3.63, 3.8) is 0 Å². The van der Waals surface area contributed by atoms with Crippen LogP contribution in [0, 0.1) is 0 Å². The zero-order valence-corrected chi connectivity index (χ0v) is 16.0. The zero-order valence-electron chi connectivity index (χ0n) is 13.9. The molecule has 5 heteroatoms. The standard InChI is InChI=1S/C18H21IN2O2/c1-17(2)8-9-18(3,19)7-5-11-13-12(22)6-10-20-16(23)14(13)21(4)15(11)17/h5,7-9H,6,10H2,1-4H3,(H,20,23)/b7-5-,9-8-. The maximum atomic E-state index is 12.6. The smallest absolute Gasteiger partial charge is 0.268 e. The molecule has 0 saturated heterocycles. The second kappa shape index (κ2) is 5.33. The van der Waals surface area contributed by atoms with Gasteiger partial charge in [-0.25, -0.2) is 0 Å². The van der Waals surface area contributed by atoms with E-state index in [1.165, 1.54) is 0 Å². The first-order chi connectivity index (χ1) is 10.6. The maximum absolute atomic E-state index is 12.6. The Morgan fingerprint density at radius 1 is 1.17 bits per heavy atom. The molecule has 1 aliphatic carbocycles. The molecule has 0 bridgehead atoms. The van der Waals surface area contributed by atoms with Crippen molar-refractivity contribution in [2.45, 2.75) is 36.0 Å². The lowest BCUT2D eigenvalue weighted by molar-refractivity contribution is 0.0947. The number of hydrogen-bond donors (Lipinski definition) is 1. The van der Waals surface area contributed by atoms with E-state index < -0.39 is 0 Å². The monoisotopic (exact) mass is 424 g/mol. The number of ketones is 1. The number of halogens is 1. The van der Waals surface area contributed by atoms with Gasteiger partial charge in [-0.2, -0.15) is 0 Å². The van der Waals surface area contributed by atoms with Crippen LogP contribution in [0.3, 0.4) is 0 Å². The highest BCUT2D eigenvalue weighted by Crippen LogP contribution is 2.39. The van der Waals surface area contributed by atoms with E-state index in [4.69, 9.17) is 0 Å². The van der Waals surface area contributed by atoms with Crippen molar-refractivity contribution in [2.24, 2.45) is 7.05 Å². The van der Waals surface area contributed by atoms with Crippen LogP contribution in [0.4, 0.5) is 0 Å². The molecule has 23 heavy (non-hydrogen) atoms. The first-order valence-corrected chi connectivity index (χ1v) is 8.85. The van der Waals surface area contributed by atoms with Crippen LogP contribution in [0.25, 0.3) is 6.08 Å².